The van der Waals surface area contributed by atoms with Crippen LogP contribution in [-0.4, -0.2) is 19.1 Å². The molecule has 2 aliphatic rings. The molecule has 1 aromatic rings. The summed E-state index contributed by atoms with van der Waals surface area (Å²) >= 11 is 0. The minimum absolute atomic E-state index is 0.408. The van der Waals surface area contributed by atoms with Crippen LogP contribution in [0.1, 0.15) is 30.7 Å². The summed E-state index contributed by atoms with van der Waals surface area (Å²) in [5.74, 6) is 0.676. The minimum atomic E-state index is 0.408. The highest BCUT2D eigenvalue weighted by atomic mass is 15.2. The summed E-state index contributed by atoms with van der Waals surface area (Å²) in [5.41, 5.74) is 9.01. The van der Waals surface area contributed by atoms with Crippen LogP contribution in [0.15, 0.2) is 24.3 Å². The number of nitrogens with zero attached hydrogens (tertiary/aromatic N) is 1. The Morgan fingerprint density at radius 2 is 2.07 bits per heavy atom. The van der Waals surface area contributed by atoms with Crippen molar-refractivity contribution in [3.63, 3.8) is 0 Å². The van der Waals surface area contributed by atoms with Gasteiger partial charge in [-0.3, -0.25) is 0 Å². The number of likely N-dealkylation sites (N-methyl/N-ethyl adjacent to an activating group) is 1. The topological polar surface area (TPSA) is 29.3 Å². The lowest BCUT2D eigenvalue weighted by molar-refractivity contribution is 0.356. The molecular formula is C13H18N2. The Labute approximate surface area is 91.1 Å². The lowest BCUT2D eigenvalue weighted by Crippen LogP contribution is -2.39. The van der Waals surface area contributed by atoms with Gasteiger partial charge >= 0.3 is 0 Å². The van der Waals surface area contributed by atoms with Crippen LogP contribution in [0, 0.1) is 0 Å². The van der Waals surface area contributed by atoms with Gasteiger partial charge in [0.1, 0.15) is 0 Å². The van der Waals surface area contributed by atoms with E-state index in [1.165, 1.54) is 24.1 Å². The van der Waals surface area contributed by atoms with E-state index in [4.69, 9.17) is 5.73 Å². The Balaban J connectivity index is 2.02. The molecule has 15 heavy (non-hydrogen) atoms. The zero-order valence-corrected chi connectivity index (χ0v) is 9.19. The predicted octanol–water partition coefficient (Wildman–Crippen LogP) is 2.10. The van der Waals surface area contributed by atoms with Crippen LogP contribution >= 0.6 is 0 Å². The van der Waals surface area contributed by atoms with Gasteiger partial charge in [-0.05, 0) is 30.9 Å². The van der Waals surface area contributed by atoms with E-state index in [9.17, 15) is 0 Å². The van der Waals surface area contributed by atoms with Crippen LogP contribution in [0.3, 0.4) is 0 Å². The first-order valence-corrected chi connectivity index (χ1v) is 5.84. The summed E-state index contributed by atoms with van der Waals surface area (Å²) in [7, 11) is 2.22. The maximum Gasteiger partial charge on any atom is 0.0402 e. The minimum Gasteiger partial charge on any atom is -0.371 e. The van der Waals surface area contributed by atoms with Crippen molar-refractivity contribution in [2.24, 2.45) is 5.73 Å². The third kappa shape index (κ3) is 1.28. The molecule has 1 aromatic carbocycles. The summed E-state index contributed by atoms with van der Waals surface area (Å²) in [4.78, 5) is 2.45. The van der Waals surface area contributed by atoms with Crippen molar-refractivity contribution in [3.05, 3.63) is 29.8 Å². The predicted molar refractivity (Wildman–Crippen MR) is 63.2 cm³/mol. The highest BCUT2D eigenvalue weighted by Crippen LogP contribution is 2.46. The van der Waals surface area contributed by atoms with E-state index in [0.29, 0.717) is 18.0 Å². The SMILES string of the molecule is CN1c2ccccc2C2CC(N)CCC21. The molecule has 1 heterocycles. The Morgan fingerprint density at radius 1 is 1.27 bits per heavy atom. The van der Waals surface area contributed by atoms with Crippen molar-refractivity contribution in [1.29, 1.82) is 0 Å². The first-order valence-electron chi connectivity index (χ1n) is 5.84. The zero-order chi connectivity index (χ0) is 10.4. The molecule has 2 N–H and O–H groups in total. The van der Waals surface area contributed by atoms with Crippen molar-refractivity contribution < 1.29 is 0 Å². The average molecular weight is 202 g/mol. The summed E-state index contributed by atoms with van der Waals surface area (Å²) in [6.45, 7) is 0. The number of para-hydroxylation sites is 1. The molecule has 80 valence electrons. The van der Waals surface area contributed by atoms with Gasteiger partial charge in [-0.15, -0.1) is 0 Å². The van der Waals surface area contributed by atoms with Gasteiger partial charge in [0.05, 0.1) is 0 Å². The van der Waals surface area contributed by atoms with Gasteiger partial charge in [0.25, 0.3) is 0 Å². The molecule has 1 aliphatic heterocycles. The molecule has 1 aliphatic carbocycles. The third-order valence-corrected chi connectivity index (χ3v) is 4.07. The number of hydrogen-bond donors (Lipinski definition) is 1. The van der Waals surface area contributed by atoms with Crippen LogP contribution in [-0.2, 0) is 0 Å². The van der Waals surface area contributed by atoms with E-state index in [2.05, 4.69) is 36.2 Å². The van der Waals surface area contributed by atoms with Crippen molar-refractivity contribution in [2.45, 2.75) is 37.3 Å². The Morgan fingerprint density at radius 3 is 2.93 bits per heavy atom. The number of fused-ring (bicyclic) bond motifs is 3. The van der Waals surface area contributed by atoms with Crippen LogP contribution < -0.4 is 10.6 Å². The summed E-state index contributed by atoms with van der Waals surface area (Å²) in [5, 5.41) is 0. The second-order valence-electron chi connectivity index (χ2n) is 4.92. The lowest BCUT2D eigenvalue weighted by atomic mass is 9.80. The third-order valence-electron chi connectivity index (χ3n) is 4.07. The fourth-order valence-electron chi connectivity index (χ4n) is 3.29. The first-order chi connectivity index (χ1) is 7.27. The van der Waals surface area contributed by atoms with Crippen LogP contribution in [0.4, 0.5) is 5.69 Å². The largest absolute Gasteiger partial charge is 0.371 e. The first kappa shape index (κ1) is 9.22. The second kappa shape index (κ2) is 3.24. The maximum absolute atomic E-state index is 6.07. The van der Waals surface area contributed by atoms with E-state index in [1.807, 2.05) is 0 Å². The van der Waals surface area contributed by atoms with Gasteiger partial charge in [0, 0.05) is 30.7 Å². The van der Waals surface area contributed by atoms with E-state index in [1.54, 1.807) is 0 Å². The summed E-state index contributed by atoms with van der Waals surface area (Å²) < 4.78 is 0. The summed E-state index contributed by atoms with van der Waals surface area (Å²) in [6, 6.07) is 9.89. The molecule has 0 radical (unpaired) electrons. The van der Waals surface area contributed by atoms with Gasteiger partial charge in [0.2, 0.25) is 0 Å². The van der Waals surface area contributed by atoms with Crippen LogP contribution in [0.2, 0.25) is 0 Å². The highest BCUT2D eigenvalue weighted by Gasteiger charge is 2.39. The molecule has 2 heteroatoms. The van der Waals surface area contributed by atoms with Gasteiger partial charge < -0.3 is 10.6 Å². The standard InChI is InChI=1S/C13H18N2/c1-15-12-5-3-2-4-10(12)11-8-9(14)6-7-13(11)15/h2-5,9,11,13H,6-8,14H2,1H3. The molecule has 0 aromatic heterocycles. The fourth-order valence-corrected chi connectivity index (χ4v) is 3.29. The normalized spacial score (nSPS) is 33.7. The maximum atomic E-state index is 6.07. The van der Waals surface area contributed by atoms with E-state index in [0.717, 1.165) is 6.42 Å². The number of rotatable bonds is 0. The molecule has 3 unspecified atom stereocenters. The second-order valence-corrected chi connectivity index (χ2v) is 4.92. The van der Waals surface area contributed by atoms with E-state index < -0.39 is 0 Å². The average Bonchev–Trinajstić information content (AvgIpc) is 2.54. The molecule has 1 saturated carbocycles. The molecule has 0 bridgehead atoms. The van der Waals surface area contributed by atoms with Gasteiger partial charge in [-0.2, -0.15) is 0 Å². The highest BCUT2D eigenvalue weighted by molar-refractivity contribution is 5.61. The molecule has 3 atom stereocenters. The monoisotopic (exact) mass is 202 g/mol. The fraction of sp³-hybridized carbons (Fsp3) is 0.538. The molecule has 0 saturated heterocycles. The molecule has 0 amide bonds. The molecule has 3 rings (SSSR count). The Hall–Kier alpha value is -1.02. The lowest BCUT2D eigenvalue weighted by Gasteiger charge is -2.33. The quantitative estimate of drug-likeness (QED) is 0.698. The van der Waals surface area contributed by atoms with Gasteiger partial charge in [-0.25, -0.2) is 0 Å². The molecule has 1 fully saturated rings. The van der Waals surface area contributed by atoms with E-state index in [-0.39, 0.29) is 0 Å². The molecule has 0 spiro atoms. The number of nitrogens with two attached hydrogens (primary N) is 1. The van der Waals surface area contributed by atoms with Crippen molar-refractivity contribution >= 4 is 5.69 Å². The number of anilines is 1. The van der Waals surface area contributed by atoms with Crippen LogP contribution in [0.25, 0.3) is 0 Å². The Kier molecular flexibility index (Phi) is 1.99. The zero-order valence-electron chi connectivity index (χ0n) is 9.19. The van der Waals surface area contributed by atoms with E-state index >= 15 is 0 Å². The number of hydrogen-bond acceptors (Lipinski definition) is 2. The smallest absolute Gasteiger partial charge is 0.0402 e. The van der Waals surface area contributed by atoms with Crippen LogP contribution in [0.5, 0.6) is 0 Å². The summed E-state index contributed by atoms with van der Waals surface area (Å²) in [6.07, 6.45) is 3.59. The van der Waals surface area contributed by atoms with Gasteiger partial charge in [0.15, 0.2) is 0 Å². The van der Waals surface area contributed by atoms with Crippen molar-refractivity contribution in [1.82, 2.24) is 0 Å². The molecule has 2 nitrogen and oxygen atoms in total. The number of benzene rings is 1. The molecular weight excluding hydrogens is 184 g/mol. The van der Waals surface area contributed by atoms with Crippen molar-refractivity contribution in [3.8, 4) is 0 Å². The Bertz CT molecular complexity index is 375. The van der Waals surface area contributed by atoms with Gasteiger partial charge in [-0.1, -0.05) is 18.2 Å². The van der Waals surface area contributed by atoms with Crippen molar-refractivity contribution in [2.75, 3.05) is 11.9 Å².